The van der Waals surface area contributed by atoms with Gasteiger partial charge in [-0.05, 0) is 25.8 Å². The summed E-state index contributed by atoms with van der Waals surface area (Å²) in [4.78, 5) is 22.6. The van der Waals surface area contributed by atoms with Gasteiger partial charge in [-0.1, -0.05) is 19.3 Å². The molecule has 1 N–H and O–H groups in total. The molecule has 2 rings (SSSR count). The van der Waals surface area contributed by atoms with Gasteiger partial charge in [-0.25, -0.2) is 9.97 Å². The van der Waals surface area contributed by atoms with E-state index in [1.54, 1.807) is 6.07 Å². The predicted molar refractivity (Wildman–Crippen MR) is 75.4 cm³/mol. The van der Waals surface area contributed by atoms with Crippen LogP contribution in [0.2, 0.25) is 0 Å². The summed E-state index contributed by atoms with van der Waals surface area (Å²) < 4.78 is 0. The smallest absolute Gasteiger partial charge is 0.270 e. The number of nitrogens with one attached hydrogen (secondary N) is 1. The standard InChI is InChI=1S/C14H22N4O/c1-10-9-12(17-14(15-10)18(2)3)13(19)16-11-7-5-4-6-8-11/h9,11H,4-8H2,1-3H3,(H,16,19). The summed E-state index contributed by atoms with van der Waals surface area (Å²) in [5.74, 6) is 0.495. The van der Waals surface area contributed by atoms with Crippen molar-refractivity contribution in [3.8, 4) is 0 Å². The molecule has 0 atom stereocenters. The maximum absolute atomic E-state index is 12.2. The van der Waals surface area contributed by atoms with Crippen LogP contribution in [0, 0.1) is 6.92 Å². The summed E-state index contributed by atoms with van der Waals surface area (Å²) in [6.07, 6.45) is 5.85. The van der Waals surface area contributed by atoms with Crippen LogP contribution in [0.5, 0.6) is 0 Å². The summed E-state index contributed by atoms with van der Waals surface area (Å²) >= 11 is 0. The Morgan fingerprint density at radius 2 is 1.95 bits per heavy atom. The van der Waals surface area contributed by atoms with E-state index in [2.05, 4.69) is 15.3 Å². The van der Waals surface area contributed by atoms with Gasteiger partial charge in [0.05, 0.1) is 0 Å². The third-order valence-corrected chi connectivity index (χ3v) is 3.42. The highest BCUT2D eigenvalue weighted by Gasteiger charge is 2.18. The Morgan fingerprint density at radius 3 is 2.58 bits per heavy atom. The van der Waals surface area contributed by atoms with Gasteiger partial charge in [-0.15, -0.1) is 0 Å². The molecule has 1 amide bonds. The molecule has 0 unspecified atom stereocenters. The number of aryl methyl sites for hydroxylation is 1. The van der Waals surface area contributed by atoms with Crippen LogP contribution in [-0.4, -0.2) is 36.0 Å². The third kappa shape index (κ3) is 3.66. The number of anilines is 1. The molecule has 1 saturated carbocycles. The third-order valence-electron chi connectivity index (χ3n) is 3.42. The maximum Gasteiger partial charge on any atom is 0.270 e. The van der Waals surface area contributed by atoms with Crippen molar-refractivity contribution in [2.75, 3.05) is 19.0 Å². The van der Waals surface area contributed by atoms with E-state index in [4.69, 9.17) is 0 Å². The van der Waals surface area contributed by atoms with Gasteiger partial charge in [-0.3, -0.25) is 4.79 Å². The Bertz CT molecular complexity index is 453. The molecular weight excluding hydrogens is 240 g/mol. The molecule has 5 nitrogen and oxygen atoms in total. The highest BCUT2D eigenvalue weighted by molar-refractivity contribution is 5.92. The first-order chi connectivity index (χ1) is 9.06. The summed E-state index contributed by atoms with van der Waals surface area (Å²) in [6, 6.07) is 2.05. The molecule has 5 heteroatoms. The van der Waals surface area contributed by atoms with E-state index >= 15 is 0 Å². The highest BCUT2D eigenvalue weighted by Crippen LogP contribution is 2.18. The second-order valence-electron chi connectivity index (χ2n) is 5.40. The molecule has 104 valence electrons. The zero-order valence-electron chi connectivity index (χ0n) is 11.9. The molecule has 0 bridgehead atoms. The van der Waals surface area contributed by atoms with Crippen molar-refractivity contribution in [1.29, 1.82) is 0 Å². The van der Waals surface area contributed by atoms with Gasteiger partial charge in [0, 0.05) is 25.8 Å². The number of carbonyl (C=O) groups excluding carboxylic acids is 1. The minimum atomic E-state index is -0.0829. The van der Waals surface area contributed by atoms with Crippen molar-refractivity contribution in [3.63, 3.8) is 0 Å². The summed E-state index contributed by atoms with van der Waals surface area (Å²) in [7, 11) is 3.75. The zero-order chi connectivity index (χ0) is 13.8. The van der Waals surface area contributed by atoms with E-state index < -0.39 is 0 Å². The number of hydrogen-bond donors (Lipinski definition) is 1. The Labute approximate surface area is 114 Å². The molecule has 0 spiro atoms. The minimum Gasteiger partial charge on any atom is -0.348 e. The molecule has 1 aromatic heterocycles. The summed E-state index contributed by atoms with van der Waals surface area (Å²) in [5, 5.41) is 3.08. The lowest BCUT2D eigenvalue weighted by atomic mass is 9.95. The average Bonchev–Trinajstić information content (AvgIpc) is 2.39. The van der Waals surface area contributed by atoms with Crippen LogP contribution < -0.4 is 10.2 Å². The largest absolute Gasteiger partial charge is 0.348 e. The van der Waals surface area contributed by atoms with Crippen LogP contribution in [0.3, 0.4) is 0 Å². The maximum atomic E-state index is 12.2. The molecule has 19 heavy (non-hydrogen) atoms. The van der Waals surface area contributed by atoms with Gasteiger partial charge in [-0.2, -0.15) is 0 Å². The van der Waals surface area contributed by atoms with Gasteiger partial charge in [0.1, 0.15) is 5.69 Å². The van der Waals surface area contributed by atoms with Crippen molar-refractivity contribution >= 4 is 11.9 Å². The number of hydrogen-bond acceptors (Lipinski definition) is 4. The Morgan fingerprint density at radius 1 is 1.26 bits per heavy atom. The van der Waals surface area contributed by atoms with Crippen LogP contribution in [0.4, 0.5) is 5.95 Å². The summed E-state index contributed by atoms with van der Waals surface area (Å²) in [5.41, 5.74) is 1.27. The zero-order valence-corrected chi connectivity index (χ0v) is 11.9. The SMILES string of the molecule is Cc1cc(C(=O)NC2CCCCC2)nc(N(C)C)n1. The topological polar surface area (TPSA) is 58.1 Å². The lowest BCUT2D eigenvalue weighted by Gasteiger charge is -2.22. The normalized spacial score (nSPS) is 16.2. The second kappa shape index (κ2) is 5.99. The fourth-order valence-corrected chi connectivity index (χ4v) is 2.38. The van der Waals surface area contributed by atoms with Crippen molar-refractivity contribution in [2.24, 2.45) is 0 Å². The molecule has 1 aliphatic rings. The average molecular weight is 262 g/mol. The van der Waals surface area contributed by atoms with Crippen molar-refractivity contribution < 1.29 is 4.79 Å². The Balaban J connectivity index is 2.09. The van der Waals surface area contributed by atoms with E-state index in [1.165, 1.54) is 19.3 Å². The van der Waals surface area contributed by atoms with Gasteiger partial charge < -0.3 is 10.2 Å². The number of aromatic nitrogens is 2. The fraction of sp³-hybridized carbons (Fsp3) is 0.643. The van der Waals surface area contributed by atoms with Gasteiger partial charge in [0.15, 0.2) is 0 Å². The van der Waals surface area contributed by atoms with Crippen LogP contribution >= 0.6 is 0 Å². The first kappa shape index (κ1) is 13.8. The monoisotopic (exact) mass is 262 g/mol. The molecule has 0 saturated heterocycles. The molecule has 1 aliphatic carbocycles. The van der Waals surface area contributed by atoms with E-state index in [0.29, 0.717) is 17.7 Å². The van der Waals surface area contributed by atoms with Crippen molar-refractivity contribution in [1.82, 2.24) is 15.3 Å². The molecular formula is C14H22N4O. The van der Waals surface area contributed by atoms with E-state index in [1.807, 2.05) is 25.9 Å². The Hall–Kier alpha value is -1.65. The molecule has 0 aromatic carbocycles. The number of nitrogens with zero attached hydrogens (tertiary/aromatic N) is 3. The second-order valence-corrected chi connectivity index (χ2v) is 5.40. The van der Waals surface area contributed by atoms with E-state index in [0.717, 1.165) is 18.5 Å². The van der Waals surface area contributed by atoms with Crippen molar-refractivity contribution in [2.45, 2.75) is 45.1 Å². The lowest BCUT2D eigenvalue weighted by Crippen LogP contribution is -2.36. The van der Waals surface area contributed by atoms with Gasteiger partial charge in [0.25, 0.3) is 5.91 Å². The molecule has 0 radical (unpaired) electrons. The van der Waals surface area contributed by atoms with Crippen LogP contribution in [0.25, 0.3) is 0 Å². The molecule has 0 aliphatic heterocycles. The van der Waals surface area contributed by atoms with E-state index in [9.17, 15) is 4.79 Å². The lowest BCUT2D eigenvalue weighted by molar-refractivity contribution is 0.0922. The highest BCUT2D eigenvalue weighted by atomic mass is 16.1. The fourth-order valence-electron chi connectivity index (χ4n) is 2.38. The molecule has 1 fully saturated rings. The Kier molecular flexibility index (Phi) is 4.35. The van der Waals surface area contributed by atoms with Gasteiger partial charge in [0.2, 0.25) is 5.95 Å². The van der Waals surface area contributed by atoms with Crippen molar-refractivity contribution in [3.05, 3.63) is 17.5 Å². The predicted octanol–water partition coefficient (Wildman–Crippen LogP) is 1.91. The van der Waals surface area contributed by atoms with Crippen LogP contribution in [0.15, 0.2) is 6.07 Å². The van der Waals surface area contributed by atoms with Gasteiger partial charge >= 0.3 is 0 Å². The number of carbonyl (C=O) groups is 1. The minimum absolute atomic E-state index is 0.0829. The van der Waals surface area contributed by atoms with Crippen LogP contribution in [-0.2, 0) is 0 Å². The quantitative estimate of drug-likeness (QED) is 0.904. The molecule has 1 aromatic rings. The number of rotatable bonds is 3. The molecule has 1 heterocycles. The number of amides is 1. The van der Waals surface area contributed by atoms with Crippen LogP contribution in [0.1, 0.15) is 48.3 Å². The van der Waals surface area contributed by atoms with E-state index in [-0.39, 0.29) is 5.91 Å². The first-order valence-corrected chi connectivity index (χ1v) is 6.90. The summed E-state index contributed by atoms with van der Waals surface area (Å²) in [6.45, 7) is 1.88. The first-order valence-electron chi connectivity index (χ1n) is 6.90.